The molecule has 2 rings (SSSR count). The lowest BCUT2D eigenvalue weighted by Crippen LogP contribution is -2.23. The van der Waals surface area contributed by atoms with Crippen LogP contribution in [0.2, 0.25) is 5.02 Å². The van der Waals surface area contributed by atoms with Crippen molar-refractivity contribution in [2.24, 2.45) is 0 Å². The number of halogens is 1. The van der Waals surface area contributed by atoms with Crippen LogP contribution >= 0.6 is 11.6 Å². The van der Waals surface area contributed by atoms with Gasteiger partial charge in [-0.2, -0.15) is 0 Å². The average Bonchev–Trinajstić information content (AvgIpc) is 2.46. The van der Waals surface area contributed by atoms with Gasteiger partial charge in [-0.05, 0) is 18.6 Å². The molecule has 0 amide bonds. The van der Waals surface area contributed by atoms with Crippen LogP contribution in [0.1, 0.15) is 22.8 Å². The maximum absolute atomic E-state index is 11.1. The van der Waals surface area contributed by atoms with Crippen molar-refractivity contribution in [1.29, 1.82) is 0 Å². The molecule has 0 aliphatic heterocycles. The zero-order valence-corrected chi connectivity index (χ0v) is 11.8. The Hall–Kier alpha value is -2.07. The number of carbonyl (C=O) groups is 1. The Morgan fingerprint density at radius 2 is 2.05 bits per heavy atom. The number of carboxylic acid groups (broad SMARTS) is 1. The number of anilines is 1. The number of aromatic nitrogens is 1. The first-order valence-electron chi connectivity index (χ1n) is 6.29. The second-order valence-electron chi connectivity index (χ2n) is 4.33. The van der Waals surface area contributed by atoms with Crippen molar-refractivity contribution >= 4 is 23.4 Å². The molecule has 0 spiro atoms. The lowest BCUT2D eigenvalue weighted by molar-refractivity contribution is 0.0697. The van der Waals surface area contributed by atoms with Gasteiger partial charge < -0.3 is 10.0 Å². The van der Waals surface area contributed by atoms with E-state index in [9.17, 15) is 4.79 Å². The second-order valence-corrected chi connectivity index (χ2v) is 4.73. The average molecular weight is 291 g/mol. The Morgan fingerprint density at radius 3 is 2.65 bits per heavy atom. The third-order valence-electron chi connectivity index (χ3n) is 2.99. The first kappa shape index (κ1) is 14.3. The van der Waals surface area contributed by atoms with Crippen LogP contribution in [-0.2, 0) is 6.54 Å². The maximum atomic E-state index is 11.1. The molecule has 0 radical (unpaired) electrons. The van der Waals surface area contributed by atoms with Gasteiger partial charge in [0.05, 0.1) is 10.6 Å². The lowest BCUT2D eigenvalue weighted by atomic mass is 10.2. The first-order chi connectivity index (χ1) is 9.61. The van der Waals surface area contributed by atoms with E-state index >= 15 is 0 Å². The van der Waals surface area contributed by atoms with Crippen molar-refractivity contribution in [2.75, 3.05) is 11.4 Å². The summed E-state index contributed by atoms with van der Waals surface area (Å²) in [6.45, 7) is 3.40. The summed E-state index contributed by atoms with van der Waals surface area (Å²) in [6, 6.07) is 11.5. The van der Waals surface area contributed by atoms with E-state index in [0.717, 1.165) is 12.1 Å². The minimum Gasteiger partial charge on any atom is -0.478 e. The number of benzene rings is 1. The van der Waals surface area contributed by atoms with E-state index in [2.05, 4.69) is 4.98 Å². The van der Waals surface area contributed by atoms with Gasteiger partial charge in [0.15, 0.2) is 0 Å². The normalized spacial score (nSPS) is 10.3. The van der Waals surface area contributed by atoms with Gasteiger partial charge in [-0.25, -0.2) is 9.78 Å². The van der Waals surface area contributed by atoms with Crippen LogP contribution in [0.4, 0.5) is 5.82 Å². The van der Waals surface area contributed by atoms with Gasteiger partial charge in [0.2, 0.25) is 0 Å². The van der Waals surface area contributed by atoms with Crippen molar-refractivity contribution in [3.8, 4) is 0 Å². The van der Waals surface area contributed by atoms with Gasteiger partial charge in [-0.15, -0.1) is 0 Å². The number of nitrogens with zero attached hydrogens (tertiary/aromatic N) is 2. The van der Waals surface area contributed by atoms with Gasteiger partial charge in [-0.1, -0.05) is 41.9 Å². The van der Waals surface area contributed by atoms with E-state index in [-0.39, 0.29) is 10.6 Å². The summed E-state index contributed by atoms with van der Waals surface area (Å²) in [5.74, 6) is -0.437. The molecule has 0 atom stereocenters. The van der Waals surface area contributed by atoms with Crippen LogP contribution < -0.4 is 4.90 Å². The van der Waals surface area contributed by atoms with Crippen LogP contribution in [0.15, 0.2) is 42.6 Å². The summed E-state index contributed by atoms with van der Waals surface area (Å²) in [5.41, 5.74) is 1.21. The smallest absolute Gasteiger partial charge is 0.337 e. The molecule has 5 heteroatoms. The summed E-state index contributed by atoms with van der Waals surface area (Å²) in [6.07, 6.45) is 1.38. The monoisotopic (exact) mass is 290 g/mol. The van der Waals surface area contributed by atoms with Crippen LogP contribution in [-0.4, -0.2) is 22.6 Å². The van der Waals surface area contributed by atoms with Crippen LogP contribution in [0.3, 0.4) is 0 Å². The number of hydrogen-bond donors (Lipinski definition) is 1. The van der Waals surface area contributed by atoms with Gasteiger partial charge >= 0.3 is 5.97 Å². The number of carboxylic acids is 1. The molecular formula is C15H15ClN2O2. The molecule has 0 saturated heterocycles. The molecular weight excluding hydrogens is 276 g/mol. The van der Waals surface area contributed by atoms with Crippen LogP contribution in [0.5, 0.6) is 0 Å². The fraction of sp³-hybridized carbons (Fsp3) is 0.200. The molecule has 2 aromatic rings. The summed E-state index contributed by atoms with van der Waals surface area (Å²) >= 11 is 5.84. The minimum absolute atomic E-state index is 0.0724. The van der Waals surface area contributed by atoms with Crippen LogP contribution in [0, 0.1) is 0 Å². The zero-order valence-electron chi connectivity index (χ0n) is 11.1. The molecule has 0 aliphatic rings. The van der Waals surface area contributed by atoms with E-state index < -0.39 is 5.97 Å². The largest absolute Gasteiger partial charge is 0.478 e. The molecule has 0 saturated carbocycles. The molecule has 0 bridgehead atoms. The molecule has 1 aromatic heterocycles. The predicted octanol–water partition coefficient (Wildman–Crippen LogP) is 3.46. The summed E-state index contributed by atoms with van der Waals surface area (Å²) in [7, 11) is 0. The van der Waals surface area contributed by atoms with Gasteiger partial charge in [0.1, 0.15) is 5.82 Å². The van der Waals surface area contributed by atoms with Crippen molar-refractivity contribution < 1.29 is 9.90 Å². The Labute approximate surface area is 122 Å². The molecule has 104 valence electrons. The molecule has 1 aromatic carbocycles. The molecule has 1 N–H and O–H groups in total. The highest BCUT2D eigenvalue weighted by molar-refractivity contribution is 6.33. The van der Waals surface area contributed by atoms with Gasteiger partial charge in [0.25, 0.3) is 0 Å². The highest BCUT2D eigenvalue weighted by atomic mass is 35.5. The Morgan fingerprint density at radius 1 is 1.35 bits per heavy atom. The predicted molar refractivity (Wildman–Crippen MR) is 79.4 cm³/mol. The highest BCUT2D eigenvalue weighted by Gasteiger charge is 2.14. The molecule has 0 aliphatic carbocycles. The van der Waals surface area contributed by atoms with Gasteiger partial charge in [-0.3, -0.25) is 0 Å². The van der Waals surface area contributed by atoms with E-state index in [0.29, 0.717) is 12.4 Å². The highest BCUT2D eigenvalue weighted by Crippen LogP contribution is 2.21. The number of rotatable bonds is 5. The third kappa shape index (κ3) is 3.27. The van der Waals surface area contributed by atoms with Gasteiger partial charge in [0, 0.05) is 19.3 Å². The van der Waals surface area contributed by atoms with E-state index in [1.54, 1.807) is 0 Å². The number of pyridine rings is 1. The van der Waals surface area contributed by atoms with Crippen molar-refractivity contribution in [1.82, 2.24) is 4.98 Å². The topological polar surface area (TPSA) is 53.4 Å². The van der Waals surface area contributed by atoms with Crippen molar-refractivity contribution in [2.45, 2.75) is 13.5 Å². The molecule has 0 unspecified atom stereocenters. The Balaban J connectivity index is 2.28. The Bertz CT molecular complexity index is 602. The standard InChI is InChI=1S/C15H15ClN2O2/c1-2-18(10-11-6-4-3-5-7-11)14-8-12(15(19)20)13(16)9-17-14/h3-9H,2,10H2,1H3,(H,19,20). The van der Waals surface area contributed by atoms with Crippen LogP contribution in [0.25, 0.3) is 0 Å². The molecule has 20 heavy (non-hydrogen) atoms. The number of aromatic carboxylic acids is 1. The summed E-state index contributed by atoms with van der Waals surface area (Å²) in [4.78, 5) is 17.3. The summed E-state index contributed by atoms with van der Waals surface area (Å²) in [5, 5.41) is 9.25. The quantitative estimate of drug-likeness (QED) is 0.916. The fourth-order valence-corrected chi connectivity index (χ4v) is 2.11. The van der Waals surface area contributed by atoms with Crippen molar-refractivity contribution in [3.63, 3.8) is 0 Å². The summed E-state index contributed by atoms with van der Waals surface area (Å²) < 4.78 is 0. The minimum atomic E-state index is -1.05. The maximum Gasteiger partial charge on any atom is 0.337 e. The SMILES string of the molecule is CCN(Cc1ccccc1)c1cc(C(=O)O)c(Cl)cn1. The first-order valence-corrected chi connectivity index (χ1v) is 6.67. The second kappa shape index (κ2) is 6.39. The van der Waals surface area contributed by atoms with E-state index in [4.69, 9.17) is 16.7 Å². The molecule has 4 nitrogen and oxygen atoms in total. The Kier molecular flexibility index (Phi) is 4.58. The lowest BCUT2D eigenvalue weighted by Gasteiger charge is -2.22. The number of hydrogen-bond acceptors (Lipinski definition) is 3. The fourth-order valence-electron chi connectivity index (χ4n) is 1.92. The third-order valence-corrected chi connectivity index (χ3v) is 3.29. The molecule has 0 fully saturated rings. The van der Waals surface area contributed by atoms with E-state index in [1.165, 1.54) is 12.3 Å². The zero-order chi connectivity index (χ0) is 14.5. The van der Waals surface area contributed by atoms with E-state index in [1.807, 2.05) is 42.2 Å². The van der Waals surface area contributed by atoms with Crippen molar-refractivity contribution in [3.05, 3.63) is 58.7 Å². The molecule has 1 heterocycles.